The number of hydrogen-bond donors (Lipinski definition) is 3. The molecule has 0 aliphatic heterocycles. The van der Waals surface area contributed by atoms with E-state index in [0.29, 0.717) is 11.3 Å². The highest BCUT2D eigenvalue weighted by atomic mass is 32.2. The van der Waals surface area contributed by atoms with Gasteiger partial charge in [0.15, 0.2) is 9.84 Å². The molecule has 3 rings (SSSR count). The van der Waals surface area contributed by atoms with E-state index in [0.717, 1.165) is 9.79 Å². The first-order valence-corrected chi connectivity index (χ1v) is 12.6. The Labute approximate surface area is 197 Å². The number of carboxylic acid groups (broad SMARTS) is 1. The molecule has 0 fully saturated rings. The Kier molecular flexibility index (Phi) is 8.13. The highest BCUT2D eigenvalue weighted by molar-refractivity contribution is 7.99. The summed E-state index contributed by atoms with van der Waals surface area (Å²) in [7, 11) is -2.14. The van der Waals surface area contributed by atoms with E-state index in [1.54, 1.807) is 66.7 Å². The number of aliphatic carboxylic acids is 1. The Hall–Kier alpha value is -3.30. The fraction of sp³-hybridized carbons (Fsp3) is 0.167. The molecule has 3 aromatic rings. The second-order valence-electron chi connectivity index (χ2n) is 7.29. The van der Waals surface area contributed by atoms with Crippen molar-refractivity contribution in [2.75, 3.05) is 18.1 Å². The fourth-order valence-corrected chi connectivity index (χ4v) is 5.62. The molecule has 33 heavy (non-hydrogen) atoms. The minimum Gasteiger partial charge on any atom is -0.481 e. The maximum absolute atomic E-state index is 13.0. The first kappa shape index (κ1) is 24.3. The molecule has 1 atom stereocenters. The zero-order chi connectivity index (χ0) is 23.8. The molecule has 172 valence electrons. The first-order chi connectivity index (χ1) is 15.8. The van der Waals surface area contributed by atoms with Gasteiger partial charge < -0.3 is 15.7 Å². The second kappa shape index (κ2) is 11.0. The highest BCUT2D eigenvalue weighted by Gasteiger charge is 2.24. The van der Waals surface area contributed by atoms with E-state index in [1.807, 2.05) is 12.1 Å². The Morgan fingerprint density at radius 3 is 2.03 bits per heavy atom. The lowest BCUT2D eigenvalue weighted by Gasteiger charge is -2.16. The molecular weight excluding hydrogens is 460 g/mol. The van der Waals surface area contributed by atoms with Crippen molar-refractivity contribution in [1.29, 1.82) is 0 Å². The van der Waals surface area contributed by atoms with Gasteiger partial charge in [0.2, 0.25) is 0 Å². The van der Waals surface area contributed by atoms with E-state index < -0.39 is 21.7 Å². The van der Waals surface area contributed by atoms with E-state index >= 15 is 0 Å². The van der Waals surface area contributed by atoms with Gasteiger partial charge in [-0.25, -0.2) is 13.2 Å². The molecule has 3 aromatic carbocycles. The molecule has 0 heterocycles. The Balaban J connectivity index is 1.70. The van der Waals surface area contributed by atoms with E-state index in [1.165, 1.54) is 18.8 Å². The van der Waals surface area contributed by atoms with Gasteiger partial charge in [0.05, 0.1) is 17.1 Å². The summed E-state index contributed by atoms with van der Waals surface area (Å²) in [4.78, 5) is 24.6. The van der Waals surface area contributed by atoms with E-state index in [-0.39, 0.29) is 23.1 Å². The minimum atomic E-state index is -3.68. The van der Waals surface area contributed by atoms with Crippen molar-refractivity contribution in [2.24, 2.45) is 0 Å². The SMILES string of the molecule is CNC(=O)Nc1ccc(Sc2ccc(S(=O)(=O)CC(CC(=O)O)c3ccccc3)cc2)cc1. The maximum Gasteiger partial charge on any atom is 0.318 e. The number of anilines is 1. The molecule has 2 amide bonds. The fourth-order valence-electron chi connectivity index (χ4n) is 3.22. The van der Waals surface area contributed by atoms with Gasteiger partial charge in [-0.1, -0.05) is 42.1 Å². The number of amides is 2. The van der Waals surface area contributed by atoms with Gasteiger partial charge >= 0.3 is 12.0 Å². The standard InChI is InChI=1S/C24H24N2O5S2/c1-25-24(29)26-19-7-9-20(10-8-19)32-21-11-13-22(14-12-21)33(30,31)16-18(15-23(27)28)17-5-3-2-4-6-17/h2-14,18H,15-16H2,1H3,(H,27,28)(H2,25,26,29). The van der Waals surface area contributed by atoms with Gasteiger partial charge in [-0.05, 0) is 54.1 Å². The summed E-state index contributed by atoms with van der Waals surface area (Å²) < 4.78 is 26.0. The predicted molar refractivity (Wildman–Crippen MR) is 129 cm³/mol. The molecule has 0 saturated carbocycles. The van der Waals surface area contributed by atoms with Crippen LogP contribution in [0.2, 0.25) is 0 Å². The van der Waals surface area contributed by atoms with E-state index in [4.69, 9.17) is 0 Å². The molecular formula is C24H24N2O5S2. The number of carbonyl (C=O) groups is 2. The summed E-state index contributed by atoms with van der Waals surface area (Å²) in [5.74, 6) is -1.96. The predicted octanol–water partition coefficient (Wildman–Crippen LogP) is 4.62. The molecule has 0 aliphatic carbocycles. The second-order valence-corrected chi connectivity index (χ2v) is 10.5. The van der Waals surface area contributed by atoms with Crippen LogP contribution >= 0.6 is 11.8 Å². The van der Waals surface area contributed by atoms with Crippen LogP contribution in [-0.4, -0.2) is 38.3 Å². The smallest absolute Gasteiger partial charge is 0.318 e. The van der Waals surface area contributed by atoms with Crippen molar-refractivity contribution in [3.05, 3.63) is 84.4 Å². The summed E-state index contributed by atoms with van der Waals surface area (Å²) in [6.45, 7) is 0. The van der Waals surface area contributed by atoms with Gasteiger partial charge in [0, 0.05) is 28.4 Å². The number of carbonyl (C=O) groups excluding carboxylic acids is 1. The lowest BCUT2D eigenvalue weighted by molar-refractivity contribution is -0.137. The van der Waals surface area contributed by atoms with Gasteiger partial charge in [-0.2, -0.15) is 0 Å². The summed E-state index contributed by atoms with van der Waals surface area (Å²) in [6.07, 6.45) is -0.262. The summed E-state index contributed by atoms with van der Waals surface area (Å²) in [6, 6.07) is 22.3. The molecule has 0 spiro atoms. The maximum atomic E-state index is 13.0. The molecule has 0 saturated heterocycles. The molecule has 0 radical (unpaired) electrons. The van der Waals surface area contributed by atoms with Crippen molar-refractivity contribution < 1.29 is 23.1 Å². The molecule has 1 unspecified atom stereocenters. The van der Waals surface area contributed by atoms with Crippen LogP contribution in [-0.2, 0) is 14.6 Å². The zero-order valence-corrected chi connectivity index (χ0v) is 19.5. The number of hydrogen-bond acceptors (Lipinski definition) is 5. The summed E-state index contributed by atoms with van der Waals surface area (Å²) in [5.41, 5.74) is 1.35. The highest BCUT2D eigenvalue weighted by Crippen LogP contribution is 2.30. The number of benzene rings is 3. The quantitative estimate of drug-likeness (QED) is 0.408. The van der Waals surface area contributed by atoms with Crippen molar-refractivity contribution in [1.82, 2.24) is 5.32 Å². The molecule has 0 aromatic heterocycles. The van der Waals surface area contributed by atoms with Gasteiger partial charge in [-0.3, -0.25) is 4.79 Å². The van der Waals surface area contributed by atoms with Crippen molar-refractivity contribution in [3.63, 3.8) is 0 Å². The van der Waals surface area contributed by atoms with Crippen LogP contribution < -0.4 is 10.6 Å². The number of sulfone groups is 1. The largest absolute Gasteiger partial charge is 0.481 e. The number of nitrogens with one attached hydrogen (secondary N) is 2. The lowest BCUT2D eigenvalue weighted by Crippen LogP contribution is -2.24. The average Bonchev–Trinajstić information content (AvgIpc) is 2.80. The van der Waals surface area contributed by atoms with Crippen LogP contribution in [0.1, 0.15) is 17.9 Å². The number of urea groups is 1. The first-order valence-electron chi connectivity index (χ1n) is 10.1. The third-order valence-corrected chi connectivity index (χ3v) is 7.72. The third-order valence-electron chi connectivity index (χ3n) is 4.87. The lowest BCUT2D eigenvalue weighted by atomic mass is 9.98. The van der Waals surface area contributed by atoms with Gasteiger partial charge in [-0.15, -0.1) is 0 Å². The summed E-state index contributed by atoms with van der Waals surface area (Å²) >= 11 is 1.46. The van der Waals surface area contributed by atoms with Crippen molar-refractivity contribution in [3.8, 4) is 0 Å². The van der Waals surface area contributed by atoms with Crippen molar-refractivity contribution >= 4 is 39.3 Å². The molecule has 0 aliphatic rings. The molecule has 7 nitrogen and oxygen atoms in total. The Morgan fingerprint density at radius 1 is 0.909 bits per heavy atom. The Morgan fingerprint density at radius 2 is 1.48 bits per heavy atom. The van der Waals surface area contributed by atoms with Crippen LogP contribution in [0.3, 0.4) is 0 Å². The van der Waals surface area contributed by atoms with Crippen LogP contribution in [0.25, 0.3) is 0 Å². The molecule has 0 bridgehead atoms. The van der Waals surface area contributed by atoms with Crippen LogP contribution in [0, 0.1) is 0 Å². The minimum absolute atomic E-state index is 0.156. The normalized spacial score (nSPS) is 12.0. The van der Waals surface area contributed by atoms with Gasteiger partial charge in [0.1, 0.15) is 0 Å². The van der Waals surface area contributed by atoms with Crippen LogP contribution in [0.5, 0.6) is 0 Å². The number of rotatable bonds is 9. The molecule has 9 heteroatoms. The Bertz CT molecular complexity index is 1200. The van der Waals surface area contributed by atoms with Crippen LogP contribution in [0.4, 0.5) is 10.5 Å². The zero-order valence-electron chi connectivity index (χ0n) is 17.9. The van der Waals surface area contributed by atoms with Gasteiger partial charge in [0.25, 0.3) is 0 Å². The molecule has 3 N–H and O–H groups in total. The topological polar surface area (TPSA) is 113 Å². The summed E-state index contributed by atoms with van der Waals surface area (Å²) in [5, 5.41) is 14.4. The van der Waals surface area contributed by atoms with Crippen molar-refractivity contribution in [2.45, 2.75) is 27.0 Å². The third kappa shape index (κ3) is 7.10. The average molecular weight is 485 g/mol. The monoisotopic (exact) mass is 484 g/mol. The van der Waals surface area contributed by atoms with E-state index in [2.05, 4.69) is 10.6 Å². The number of carboxylic acids is 1. The van der Waals surface area contributed by atoms with Crippen LogP contribution in [0.15, 0.2) is 93.5 Å². The van der Waals surface area contributed by atoms with E-state index in [9.17, 15) is 23.1 Å².